The van der Waals surface area contributed by atoms with Gasteiger partial charge in [-0.2, -0.15) is 0 Å². The number of urea groups is 1. The monoisotopic (exact) mass is 317 g/mol. The molecule has 0 heterocycles. The molecule has 0 aliphatic rings. The smallest absolute Gasteiger partial charge is 0.319 e. The van der Waals surface area contributed by atoms with Crippen molar-refractivity contribution >= 4 is 29.0 Å². The third-order valence-corrected chi connectivity index (χ3v) is 3.60. The Bertz CT molecular complexity index is 626. The lowest BCUT2D eigenvalue weighted by Crippen LogP contribution is -2.30. The van der Waals surface area contributed by atoms with Gasteiger partial charge in [0.1, 0.15) is 0 Å². The van der Waals surface area contributed by atoms with Crippen LogP contribution in [-0.2, 0) is 6.42 Å². The normalized spacial score (nSPS) is 10.1. The Labute approximate surface area is 136 Å². The zero-order chi connectivity index (χ0) is 15.9. The highest BCUT2D eigenvalue weighted by atomic mass is 35.5. The first kappa shape index (κ1) is 16.2. The molecule has 0 unspecified atom stereocenters. The standard InChI is InChI=1S/C17H20ClN3O/c1-21(2)14-9-7-13(8-10-14)11-12-19-17(22)20-16-6-4-3-5-15(16)18/h3-10H,11-12H2,1-2H3,(H2,19,20,22). The molecule has 2 aromatic carbocycles. The molecular weight excluding hydrogens is 298 g/mol. The van der Waals surface area contributed by atoms with Crippen molar-refractivity contribution in [2.75, 3.05) is 30.9 Å². The van der Waals surface area contributed by atoms with Crippen LogP contribution in [0, 0.1) is 0 Å². The van der Waals surface area contributed by atoms with Crippen LogP contribution in [-0.4, -0.2) is 26.7 Å². The highest BCUT2D eigenvalue weighted by molar-refractivity contribution is 6.33. The van der Waals surface area contributed by atoms with Gasteiger partial charge in [0, 0.05) is 26.3 Å². The Morgan fingerprint density at radius 1 is 1.09 bits per heavy atom. The zero-order valence-corrected chi connectivity index (χ0v) is 13.5. The molecule has 22 heavy (non-hydrogen) atoms. The van der Waals surface area contributed by atoms with Gasteiger partial charge in [-0.25, -0.2) is 4.79 Å². The van der Waals surface area contributed by atoms with E-state index in [9.17, 15) is 4.79 Å². The Morgan fingerprint density at radius 3 is 2.41 bits per heavy atom. The molecule has 0 fully saturated rings. The van der Waals surface area contributed by atoms with Crippen molar-refractivity contribution < 1.29 is 4.79 Å². The minimum absolute atomic E-state index is 0.252. The third-order valence-electron chi connectivity index (χ3n) is 3.27. The van der Waals surface area contributed by atoms with Gasteiger partial charge in [0.05, 0.1) is 10.7 Å². The van der Waals surface area contributed by atoms with Crippen LogP contribution >= 0.6 is 11.6 Å². The molecule has 116 valence electrons. The summed E-state index contributed by atoms with van der Waals surface area (Å²) in [6.07, 6.45) is 0.781. The van der Waals surface area contributed by atoms with Crippen LogP contribution < -0.4 is 15.5 Å². The third kappa shape index (κ3) is 4.67. The van der Waals surface area contributed by atoms with Crippen molar-refractivity contribution in [3.63, 3.8) is 0 Å². The quantitative estimate of drug-likeness (QED) is 0.881. The number of hydrogen-bond donors (Lipinski definition) is 2. The zero-order valence-electron chi connectivity index (χ0n) is 12.8. The summed E-state index contributed by atoms with van der Waals surface area (Å²) in [6.45, 7) is 0.567. The lowest BCUT2D eigenvalue weighted by molar-refractivity contribution is 0.252. The molecule has 2 amide bonds. The van der Waals surface area contributed by atoms with E-state index in [0.29, 0.717) is 17.3 Å². The maximum absolute atomic E-state index is 11.8. The van der Waals surface area contributed by atoms with Gasteiger partial charge < -0.3 is 15.5 Å². The van der Waals surface area contributed by atoms with Crippen LogP contribution in [0.5, 0.6) is 0 Å². The van der Waals surface area contributed by atoms with Gasteiger partial charge in [-0.1, -0.05) is 35.9 Å². The van der Waals surface area contributed by atoms with Crippen LogP contribution in [0.2, 0.25) is 5.02 Å². The number of amides is 2. The Kier molecular flexibility index (Phi) is 5.67. The first-order valence-electron chi connectivity index (χ1n) is 7.12. The second-order valence-corrected chi connectivity index (χ2v) is 5.58. The van der Waals surface area contributed by atoms with Crippen LogP contribution in [0.15, 0.2) is 48.5 Å². The van der Waals surface area contributed by atoms with Crippen LogP contribution in [0.4, 0.5) is 16.2 Å². The number of benzene rings is 2. The number of hydrogen-bond acceptors (Lipinski definition) is 2. The molecule has 0 bridgehead atoms. The second kappa shape index (κ2) is 7.71. The van der Waals surface area contributed by atoms with Crippen LogP contribution in [0.1, 0.15) is 5.56 Å². The molecule has 0 saturated carbocycles. The van der Waals surface area contributed by atoms with E-state index in [2.05, 4.69) is 39.8 Å². The molecule has 2 rings (SSSR count). The molecule has 2 aromatic rings. The van der Waals surface area contributed by atoms with E-state index in [1.165, 1.54) is 5.56 Å². The highest BCUT2D eigenvalue weighted by Crippen LogP contribution is 2.20. The largest absolute Gasteiger partial charge is 0.378 e. The molecule has 2 N–H and O–H groups in total. The summed E-state index contributed by atoms with van der Waals surface area (Å²) in [4.78, 5) is 13.9. The molecule has 5 heteroatoms. The number of rotatable bonds is 5. The van der Waals surface area contributed by atoms with Crippen molar-refractivity contribution in [1.82, 2.24) is 5.32 Å². The predicted molar refractivity (Wildman–Crippen MR) is 92.9 cm³/mol. The fourth-order valence-electron chi connectivity index (χ4n) is 2.01. The average Bonchev–Trinajstić information content (AvgIpc) is 2.50. The van der Waals surface area contributed by atoms with Crippen LogP contribution in [0.25, 0.3) is 0 Å². The number of anilines is 2. The summed E-state index contributed by atoms with van der Waals surface area (Å²) in [5.74, 6) is 0. The first-order chi connectivity index (χ1) is 10.6. The molecule has 0 atom stereocenters. The van der Waals surface area contributed by atoms with E-state index in [1.807, 2.05) is 26.2 Å². The summed E-state index contributed by atoms with van der Waals surface area (Å²) < 4.78 is 0. The SMILES string of the molecule is CN(C)c1ccc(CCNC(=O)Nc2ccccc2Cl)cc1. The predicted octanol–water partition coefficient (Wildman–Crippen LogP) is 3.77. The van der Waals surface area contributed by atoms with Crippen molar-refractivity contribution in [2.45, 2.75) is 6.42 Å². The molecular formula is C17H20ClN3O. The molecule has 0 radical (unpaired) electrons. The molecule has 0 spiro atoms. The van der Waals surface area contributed by atoms with Gasteiger partial charge in [-0.3, -0.25) is 0 Å². The van der Waals surface area contributed by atoms with E-state index in [-0.39, 0.29) is 6.03 Å². The first-order valence-corrected chi connectivity index (χ1v) is 7.49. The van der Waals surface area contributed by atoms with Gasteiger partial charge in [-0.05, 0) is 36.2 Å². The number of para-hydroxylation sites is 1. The number of carbonyl (C=O) groups excluding carboxylic acids is 1. The highest BCUT2D eigenvalue weighted by Gasteiger charge is 2.04. The maximum Gasteiger partial charge on any atom is 0.319 e. The van der Waals surface area contributed by atoms with Gasteiger partial charge >= 0.3 is 6.03 Å². The topological polar surface area (TPSA) is 44.4 Å². The Balaban J connectivity index is 1.78. The number of halogens is 1. The summed E-state index contributed by atoms with van der Waals surface area (Å²) in [6, 6.07) is 15.2. The Hall–Kier alpha value is -2.20. The van der Waals surface area contributed by atoms with Crippen molar-refractivity contribution in [2.24, 2.45) is 0 Å². The minimum atomic E-state index is -0.252. The summed E-state index contributed by atoms with van der Waals surface area (Å²) >= 11 is 5.99. The minimum Gasteiger partial charge on any atom is -0.378 e. The van der Waals surface area contributed by atoms with Crippen molar-refractivity contribution in [3.05, 3.63) is 59.1 Å². The fourth-order valence-corrected chi connectivity index (χ4v) is 2.19. The molecule has 4 nitrogen and oxygen atoms in total. The van der Waals surface area contributed by atoms with Gasteiger partial charge in [0.15, 0.2) is 0 Å². The summed E-state index contributed by atoms with van der Waals surface area (Å²) in [7, 11) is 4.02. The van der Waals surface area contributed by atoms with Gasteiger partial charge in [-0.15, -0.1) is 0 Å². The van der Waals surface area contributed by atoms with E-state index >= 15 is 0 Å². The molecule has 0 aliphatic carbocycles. The van der Waals surface area contributed by atoms with Crippen molar-refractivity contribution in [1.29, 1.82) is 0 Å². The Morgan fingerprint density at radius 2 is 1.77 bits per heavy atom. The van der Waals surface area contributed by atoms with Gasteiger partial charge in [0.25, 0.3) is 0 Å². The van der Waals surface area contributed by atoms with E-state index in [0.717, 1.165) is 12.1 Å². The van der Waals surface area contributed by atoms with Crippen molar-refractivity contribution in [3.8, 4) is 0 Å². The number of carbonyl (C=O) groups is 1. The van der Waals surface area contributed by atoms with Crippen LogP contribution in [0.3, 0.4) is 0 Å². The van der Waals surface area contributed by atoms with E-state index < -0.39 is 0 Å². The number of nitrogens with zero attached hydrogens (tertiary/aromatic N) is 1. The summed E-state index contributed by atoms with van der Waals surface area (Å²) in [5, 5.41) is 6.08. The van der Waals surface area contributed by atoms with E-state index in [1.54, 1.807) is 12.1 Å². The fraction of sp³-hybridized carbons (Fsp3) is 0.235. The maximum atomic E-state index is 11.8. The number of nitrogens with one attached hydrogen (secondary N) is 2. The van der Waals surface area contributed by atoms with Gasteiger partial charge in [0.2, 0.25) is 0 Å². The van der Waals surface area contributed by atoms with E-state index in [4.69, 9.17) is 11.6 Å². The lowest BCUT2D eigenvalue weighted by atomic mass is 10.1. The average molecular weight is 318 g/mol. The second-order valence-electron chi connectivity index (χ2n) is 5.17. The lowest BCUT2D eigenvalue weighted by Gasteiger charge is -2.13. The molecule has 0 aromatic heterocycles. The molecule has 0 saturated heterocycles. The summed E-state index contributed by atoms with van der Waals surface area (Å²) in [5.41, 5.74) is 2.95. The molecule has 0 aliphatic heterocycles.